The highest BCUT2D eigenvalue weighted by Gasteiger charge is 2.44. The second-order valence-corrected chi connectivity index (χ2v) is 8.16. The van der Waals surface area contributed by atoms with E-state index in [0.717, 1.165) is 34.7 Å². The van der Waals surface area contributed by atoms with Gasteiger partial charge in [-0.05, 0) is 43.4 Å². The van der Waals surface area contributed by atoms with Crippen molar-refractivity contribution in [3.8, 4) is 0 Å². The molecule has 6 rings (SSSR count). The van der Waals surface area contributed by atoms with Gasteiger partial charge in [-0.3, -0.25) is 9.69 Å². The van der Waals surface area contributed by atoms with E-state index in [1.165, 1.54) is 32.4 Å². The summed E-state index contributed by atoms with van der Waals surface area (Å²) in [6.45, 7) is 3.55. The van der Waals surface area contributed by atoms with E-state index in [1.807, 2.05) is 30.3 Å². The Labute approximate surface area is 151 Å². The van der Waals surface area contributed by atoms with Crippen LogP contribution in [0.25, 0.3) is 21.8 Å². The maximum absolute atomic E-state index is 12.3. The van der Waals surface area contributed by atoms with E-state index in [4.69, 9.17) is 4.98 Å². The third-order valence-corrected chi connectivity index (χ3v) is 6.39. The number of pyridine rings is 2. The summed E-state index contributed by atoms with van der Waals surface area (Å²) in [5.41, 5.74) is 1.67. The molecule has 0 unspecified atom stereocenters. The summed E-state index contributed by atoms with van der Waals surface area (Å²) < 4.78 is 0. The molecule has 0 spiro atoms. The molecule has 3 aliphatic rings. The SMILES string of the molecule is O=c1[nH]c2ccc(N3C[C@@H]4C[C@H]3CN4CC3CC3)nc2c2ccccc12. The van der Waals surface area contributed by atoms with E-state index >= 15 is 0 Å². The Morgan fingerprint density at radius 2 is 1.88 bits per heavy atom. The van der Waals surface area contributed by atoms with Gasteiger partial charge < -0.3 is 9.88 Å². The van der Waals surface area contributed by atoms with Crippen LogP contribution in [0.15, 0.2) is 41.2 Å². The summed E-state index contributed by atoms with van der Waals surface area (Å²) in [7, 11) is 0. The molecule has 3 aromatic rings. The smallest absolute Gasteiger partial charge is 0.256 e. The number of anilines is 1. The average molecular weight is 346 g/mol. The van der Waals surface area contributed by atoms with Gasteiger partial charge in [0.1, 0.15) is 5.82 Å². The number of rotatable bonds is 3. The molecule has 1 aromatic carbocycles. The Kier molecular flexibility index (Phi) is 3.00. The Morgan fingerprint density at radius 1 is 1.04 bits per heavy atom. The maximum Gasteiger partial charge on any atom is 0.256 e. The van der Waals surface area contributed by atoms with Crippen molar-refractivity contribution in [1.82, 2.24) is 14.9 Å². The minimum atomic E-state index is -0.0430. The molecule has 5 heteroatoms. The zero-order chi connectivity index (χ0) is 17.3. The van der Waals surface area contributed by atoms with E-state index in [0.29, 0.717) is 17.5 Å². The Hall–Kier alpha value is -2.40. The largest absolute Gasteiger partial charge is 0.351 e. The highest BCUT2D eigenvalue weighted by atomic mass is 16.1. The van der Waals surface area contributed by atoms with Gasteiger partial charge in [0.25, 0.3) is 5.56 Å². The average Bonchev–Trinajstić information content (AvgIpc) is 3.26. The normalized spacial score (nSPS) is 25.6. The van der Waals surface area contributed by atoms with E-state index in [-0.39, 0.29) is 5.56 Å². The number of aromatic nitrogens is 2. The highest BCUT2D eigenvalue weighted by molar-refractivity contribution is 6.03. The summed E-state index contributed by atoms with van der Waals surface area (Å²) in [5.74, 6) is 2.01. The Morgan fingerprint density at radius 3 is 2.65 bits per heavy atom. The first-order valence-corrected chi connectivity index (χ1v) is 9.69. The number of hydrogen-bond acceptors (Lipinski definition) is 4. The lowest BCUT2D eigenvalue weighted by Gasteiger charge is -2.35. The van der Waals surface area contributed by atoms with Crippen LogP contribution in [0.5, 0.6) is 0 Å². The molecule has 2 saturated heterocycles. The molecule has 2 aliphatic heterocycles. The lowest BCUT2D eigenvalue weighted by atomic mass is 10.1. The molecule has 2 aromatic heterocycles. The van der Waals surface area contributed by atoms with Crippen LogP contribution in [-0.2, 0) is 0 Å². The number of piperazine rings is 1. The van der Waals surface area contributed by atoms with Crippen molar-refractivity contribution in [3.05, 3.63) is 46.8 Å². The van der Waals surface area contributed by atoms with Crippen LogP contribution < -0.4 is 10.5 Å². The number of aromatic amines is 1. The molecule has 5 nitrogen and oxygen atoms in total. The van der Waals surface area contributed by atoms with Gasteiger partial charge in [0.15, 0.2) is 0 Å². The van der Waals surface area contributed by atoms with Crippen LogP contribution in [-0.4, -0.2) is 46.6 Å². The van der Waals surface area contributed by atoms with Crippen molar-refractivity contribution < 1.29 is 0 Å². The van der Waals surface area contributed by atoms with Gasteiger partial charge in [0.2, 0.25) is 0 Å². The number of fused-ring (bicyclic) bond motifs is 5. The Bertz CT molecular complexity index is 1070. The minimum absolute atomic E-state index is 0.0430. The van der Waals surface area contributed by atoms with Crippen molar-refractivity contribution in [2.24, 2.45) is 5.92 Å². The summed E-state index contributed by atoms with van der Waals surface area (Å²) in [5, 5.41) is 1.65. The van der Waals surface area contributed by atoms with Gasteiger partial charge in [-0.25, -0.2) is 4.98 Å². The van der Waals surface area contributed by atoms with Crippen LogP contribution >= 0.6 is 0 Å². The quantitative estimate of drug-likeness (QED) is 0.741. The van der Waals surface area contributed by atoms with Gasteiger partial charge >= 0.3 is 0 Å². The van der Waals surface area contributed by atoms with Crippen LogP contribution in [0.4, 0.5) is 5.82 Å². The van der Waals surface area contributed by atoms with Crippen LogP contribution in [0.2, 0.25) is 0 Å². The van der Waals surface area contributed by atoms with E-state index in [1.54, 1.807) is 0 Å². The number of benzene rings is 1. The molecule has 2 atom stereocenters. The molecular weight excluding hydrogens is 324 g/mol. The number of nitrogens with zero attached hydrogens (tertiary/aromatic N) is 3. The van der Waals surface area contributed by atoms with Crippen LogP contribution in [0.1, 0.15) is 19.3 Å². The van der Waals surface area contributed by atoms with Gasteiger partial charge in [-0.15, -0.1) is 0 Å². The van der Waals surface area contributed by atoms with E-state index in [2.05, 4.69) is 20.9 Å². The van der Waals surface area contributed by atoms with Gasteiger partial charge in [0, 0.05) is 42.5 Å². The second-order valence-electron chi connectivity index (χ2n) is 8.16. The lowest BCUT2D eigenvalue weighted by Crippen LogP contribution is -2.47. The van der Waals surface area contributed by atoms with Crippen molar-refractivity contribution >= 4 is 27.6 Å². The fraction of sp³-hybridized carbons (Fsp3) is 0.429. The van der Waals surface area contributed by atoms with Crippen molar-refractivity contribution in [1.29, 1.82) is 0 Å². The first-order chi connectivity index (χ1) is 12.8. The predicted molar refractivity (Wildman–Crippen MR) is 104 cm³/mol. The third-order valence-electron chi connectivity index (χ3n) is 6.39. The zero-order valence-corrected chi connectivity index (χ0v) is 14.7. The molecule has 1 saturated carbocycles. The zero-order valence-electron chi connectivity index (χ0n) is 14.7. The number of hydrogen-bond donors (Lipinski definition) is 1. The molecule has 3 fully saturated rings. The van der Waals surface area contributed by atoms with Crippen molar-refractivity contribution in [2.75, 3.05) is 24.5 Å². The van der Waals surface area contributed by atoms with Gasteiger partial charge in [0.05, 0.1) is 11.0 Å². The first-order valence-electron chi connectivity index (χ1n) is 9.69. The monoisotopic (exact) mass is 346 g/mol. The molecule has 0 amide bonds. The highest BCUT2D eigenvalue weighted by Crippen LogP contribution is 2.38. The fourth-order valence-corrected chi connectivity index (χ4v) is 4.88. The van der Waals surface area contributed by atoms with Crippen LogP contribution in [0.3, 0.4) is 0 Å². The summed E-state index contributed by atoms with van der Waals surface area (Å²) in [6.07, 6.45) is 4.11. The summed E-state index contributed by atoms with van der Waals surface area (Å²) >= 11 is 0. The third kappa shape index (κ3) is 2.20. The van der Waals surface area contributed by atoms with E-state index in [9.17, 15) is 4.79 Å². The summed E-state index contributed by atoms with van der Waals surface area (Å²) in [4.78, 5) is 25.4. The molecule has 1 N–H and O–H groups in total. The molecule has 1 aliphatic carbocycles. The minimum Gasteiger partial charge on any atom is -0.351 e. The maximum atomic E-state index is 12.3. The van der Waals surface area contributed by atoms with Gasteiger partial charge in [-0.2, -0.15) is 0 Å². The van der Waals surface area contributed by atoms with Crippen molar-refractivity contribution in [3.63, 3.8) is 0 Å². The molecule has 4 heterocycles. The Balaban J connectivity index is 1.38. The predicted octanol–water partition coefficient (Wildman–Crippen LogP) is 2.75. The standard InChI is InChI=1S/C21H22N4O/c26-21-17-4-2-1-3-16(17)20-18(22-21)7-8-19(23-20)25-12-14-9-15(25)11-24(14)10-13-5-6-13/h1-4,7-8,13-15H,5-6,9-12H2,(H,22,26)/t14-,15-/m0/s1. The molecular formula is C21H22N4O. The van der Waals surface area contributed by atoms with Gasteiger partial charge in [-0.1, -0.05) is 18.2 Å². The first kappa shape index (κ1) is 14.7. The fourth-order valence-electron chi connectivity index (χ4n) is 4.88. The molecule has 132 valence electrons. The molecule has 2 bridgehead atoms. The molecule has 26 heavy (non-hydrogen) atoms. The van der Waals surface area contributed by atoms with E-state index < -0.39 is 0 Å². The molecule has 0 radical (unpaired) electrons. The number of H-pyrrole nitrogens is 1. The van der Waals surface area contributed by atoms with Crippen molar-refractivity contribution in [2.45, 2.75) is 31.3 Å². The topological polar surface area (TPSA) is 52.2 Å². The summed E-state index contributed by atoms with van der Waals surface area (Å²) in [6, 6.07) is 13.1. The second kappa shape index (κ2) is 5.30. The number of nitrogens with one attached hydrogen (secondary N) is 1. The lowest BCUT2D eigenvalue weighted by molar-refractivity contribution is 0.229. The number of likely N-dealkylation sites (tertiary alicyclic amines) is 1. The van der Waals surface area contributed by atoms with Crippen LogP contribution in [0, 0.1) is 5.92 Å².